The van der Waals surface area contributed by atoms with E-state index in [9.17, 15) is 4.39 Å². The van der Waals surface area contributed by atoms with Crippen LogP contribution in [-0.2, 0) is 6.54 Å². The number of aromatic nitrogens is 1. The maximum absolute atomic E-state index is 13.9. The molecule has 3 aromatic rings. The summed E-state index contributed by atoms with van der Waals surface area (Å²) in [5.41, 5.74) is 3.06. The van der Waals surface area contributed by atoms with E-state index in [2.05, 4.69) is 39.0 Å². The maximum Gasteiger partial charge on any atom is 0.146 e. The molecule has 4 heteroatoms. The van der Waals surface area contributed by atoms with Crippen molar-refractivity contribution in [3.63, 3.8) is 0 Å². The zero-order valence-corrected chi connectivity index (χ0v) is 13.5. The second-order valence-corrected chi connectivity index (χ2v) is 6.20. The van der Waals surface area contributed by atoms with Gasteiger partial charge in [-0.05, 0) is 29.8 Å². The molecule has 0 unspecified atom stereocenters. The minimum atomic E-state index is -0.133. The van der Waals surface area contributed by atoms with Crippen molar-refractivity contribution in [2.45, 2.75) is 6.54 Å². The predicted octanol–water partition coefficient (Wildman–Crippen LogP) is 3.70. The molecule has 4 rings (SSSR count). The first-order chi connectivity index (χ1) is 11.8. The molecule has 0 N–H and O–H groups in total. The Morgan fingerprint density at radius 1 is 0.875 bits per heavy atom. The fourth-order valence-corrected chi connectivity index (χ4v) is 3.39. The molecule has 0 amide bonds. The van der Waals surface area contributed by atoms with Gasteiger partial charge in [0.15, 0.2) is 0 Å². The van der Waals surface area contributed by atoms with Gasteiger partial charge in [-0.2, -0.15) is 0 Å². The maximum atomic E-state index is 13.9. The molecular weight excluding hydrogens is 301 g/mol. The second-order valence-electron chi connectivity index (χ2n) is 6.20. The molecule has 1 aliphatic rings. The molecule has 1 saturated heterocycles. The summed E-state index contributed by atoms with van der Waals surface area (Å²) in [6.45, 7) is 4.48. The molecule has 2 heterocycles. The zero-order chi connectivity index (χ0) is 16.4. The quantitative estimate of drug-likeness (QED) is 0.733. The van der Waals surface area contributed by atoms with Gasteiger partial charge in [0.1, 0.15) is 5.82 Å². The molecule has 1 fully saturated rings. The Morgan fingerprint density at radius 2 is 1.62 bits per heavy atom. The molecule has 0 atom stereocenters. The zero-order valence-electron chi connectivity index (χ0n) is 13.5. The molecule has 0 aliphatic carbocycles. The third-order valence-electron chi connectivity index (χ3n) is 4.70. The van der Waals surface area contributed by atoms with Gasteiger partial charge < -0.3 is 4.90 Å². The minimum Gasteiger partial charge on any atom is -0.367 e. The van der Waals surface area contributed by atoms with E-state index in [0.29, 0.717) is 5.69 Å². The number of rotatable bonds is 3. The van der Waals surface area contributed by atoms with Crippen molar-refractivity contribution >= 4 is 16.6 Å². The SMILES string of the molecule is Fc1ccccc1N1CCN(Cc2ccnc3ccccc23)CC1. The number of fused-ring (bicyclic) bond motifs is 1. The Kier molecular flexibility index (Phi) is 4.13. The van der Waals surface area contributed by atoms with Crippen LogP contribution in [0.25, 0.3) is 10.9 Å². The third-order valence-corrected chi connectivity index (χ3v) is 4.70. The van der Waals surface area contributed by atoms with Crippen LogP contribution in [0.2, 0.25) is 0 Å². The molecule has 0 bridgehead atoms. The van der Waals surface area contributed by atoms with Crippen LogP contribution in [0.1, 0.15) is 5.56 Å². The highest BCUT2D eigenvalue weighted by atomic mass is 19.1. The Morgan fingerprint density at radius 3 is 2.46 bits per heavy atom. The van der Waals surface area contributed by atoms with E-state index >= 15 is 0 Å². The Labute approximate surface area is 141 Å². The summed E-state index contributed by atoms with van der Waals surface area (Å²) < 4.78 is 13.9. The van der Waals surface area contributed by atoms with Gasteiger partial charge in [0, 0.05) is 44.3 Å². The lowest BCUT2D eigenvalue weighted by atomic mass is 10.1. The summed E-state index contributed by atoms with van der Waals surface area (Å²) in [4.78, 5) is 8.99. The molecule has 24 heavy (non-hydrogen) atoms. The van der Waals surface area contributed by atoms with E-state index in [4.69, 9.17) is 0 Å². The summed E-state index contributed by atoms with van der Waals surface area (Å²) in [6.07, 6.45) is 1.88. The molecule has 0 radical (unpaired) electrons. The van der Waals surface area contributed by atoms with Crippen LogP contribution in [0.3, 0.4) is 0 Å². The summed E-state index contributed by atoms with van der Waals surface area (Å²) >= 11 is 0. The van der Waals surface area contributed by atoms with Crippen LogP contribution >= 0.6 is 0 Å². The molecule has 0 saturated carbocycles. The molecule has 3 nitrogen and oxygen atoms in total. The highest BCUT2D eigenvalue weighted by Crippen LogP contribution is 2.22. The molecule has 1 aromatic heterocycles. The van der Waals surface area contributed by atoms with Gasteiger partial charge in [0.25, 0.3) is 0 Å². The van der Waals surface area contributed by atoms with Crippen LogP contribution in [0, 0.1) is 5.82 Å². The van der Waals surface area contributed by atoms with Crippen molar-refractivity contribution in [2.24, 2.45) is 0 Å². The molecule has 1 aliphatic heterocycles. The second kappa shape index (κ2) is 6.57. The molecule has 0 spiro atoms. The molecule has 122 valence electrons. The highest BCUT2D eigenvalue weighted by Gasteiger charge is 2.19. The number of piperazine rings is 1. The minimum absolute atomic E-state index is 0.133. The van der Waals surface area contributed by atoms with Crippen LogP contribution in [0.15, 0.2) is 60.8 Å². The topological polar surface area (TPSA) is 19.4 Å². The van der Waals surface area contributed by atoms with Gasteiger partial charge in [-0.25, -0.2) is 4.39 Å². The van der Waals surface area contributed by atoms with Gasteiger partial charge in [-0.1, -0.05) is 30.3 Å². The normalized spacial score (nSPS) is 15.8. The monoisotopic (exact) mass is 321 g/mol. The van der Waals surface area contributed by atoms with Crippen LogP contribution < -0.4 is 4.90 Å². The van der Waals surface area contributed by atoms with Crippen molar-refractivity contribution in [2.75, 3.05) is 31.1 Å². The Bertz CT molecular complexity index is 836. The number of para-hydroxylation sites is 2. The van der Waals surface area contributed by atoms with Crippen LogP contribution in [0.5, 0.6) is 0 Å². The lowest BCUT2D eigenvalue weighted by Crippen LogP contribution is -2.46. The average Bonchev–Trinajstić information content (AvgIpc) is 2.63. The average molecular weight is 321 g/mol. The largest absolute Gasteiger partial charge is 0.367 e. The fraction of sp³-hybridized carbons (Fsp3) is 0.250. The molecular formula is C20H20FN3. The number of benzene rings is 2. The molecule has 2 aromatic carbocycles. The van der Waals surface area contributed by atoms with Crippen LogP contribution in [0.4, 0.5) is 10.1 Å². The smallest absolute Gasteiger partial charge is 0.146 e. The summed E-state index contributed by atoms with van der Waals surface area (Å²) in [5.74, 6) is -0.133. The van der Waals surface area contributed by atoms with E-state index in [-0.39, 0.29) is 5.82 Å². The Hall–Kier alpha value is -2.46. The first-order valence-electron chi connectivity index (χ1n) is 8.36. The van der Waals surface area contributed by atoms with Gasteiger partial charge in [0.05, 0.1) is 11.2 Å². The van der Waals surface area contributed by atoms with Crippen molar-refractivity contribution in [1.82, 2.24) is 9.88 Å². The standard InChI is InChI=1S/C20H20FN3/c21-18-6-2-4-8-20(18)24-13-11-23(12-14-24)15-16-9-10-22-19-7-3-1-5-17(16)19/h1-10H,11-15H2. The van der Waals surface area contributed by atoms with E-state index in [0.717, 1.165) is 38.2 Å². The van der Waals surface area contributed by atoms with E-state index in [1.54, 1.807) is 6.07 Å². The van der Waals surface area contributed by atoms with Gasteiger partial charge in [0.2, 0.25) is 0 Å². The number of pyridine rings is 1. The van der Waals surface area contributed by atoms with Gasteiger partial charge in [-0.15, -0.1) is 0 Å². The van der Waals surface area contributed by atoms with Gasteiger partial charge >= 0.3 is 0 Å². The summed E-state index contributed by atoms with van der Waals surface area (Å²) in [5, 5.41) is 1.22. The Balaban J connectivity index is 1.46. The van der Waals surface area contributed by atoms with E-state index in [1.807, 2.05) is 24.4 Å². The van der Waals surface area contributed by atoms with E-state index < -0.39 is 0 Å². The first-order valence-corrected chi connectivity index (χ1v) is 8.36. The van der Waals surface area contributed by atoms with E-state index in [1.165, 1.54) is 17.0 Å². The lowest BCUT2D eigenvalue weighted by Gasteiger charge is -2.36. The number of halogens is 1. The number of hydrogen-bond acceptors (Lipinski definition) is 3. The lowest BCUT2D eigenvalue weighted by molar-refractivity contribution is 0.250. The predicted molar refractivity (Wildman–Crippen MR) is 95.6 cm³/mol. The number of nitrogens with zero attached hydrogens (tertiary/aromatic N) is 3. The van der Waals surface area contributed by atoms with Crippen LogP contribution in [-0.4, -0.2) is 36.1 Å². The summed E-state index contributed by atoms with van der Waals surface area (Å²) in [7, 11) is 0. The third kappa shape index (κ3) is 2.97. The van der Waals surface area contributed by atoms with Gasteiger partial charge in [-0.3, -0.25) is 9.88 Å². The number of anilines is 1. The van der Waals surface area contributed by atoms with Crippen molar-refractivity contribution < 1.29 is 4.39 Å². The van der Waals surface area contributed by atoms with Crippen molar-refractivity contribution in [1.29, 1.82) is 0 Å². The fourth-order valence-electron chi connectivity index (χ4n) is 3.39. The summed E-state index contributed by atoms with van der Waals surface area (Å²) in [6, 6.07) is 17.4. The highest BCUT2D eigenvalue weighted by molar-refractivity contribution is 5.81. The first kappa shape index (κ1) is 15.1. The van der Waals surface area contributed by atoms with Crippen molar-refractivity contribution in [3.05, 3.63) is 72.2 Å². The number of hydrogen-bond donors (Lipinski definition) is 0. The van der Waals surface area contributed by atoms with Crippen molar-refractivity contribution in [3.8, 4) is 0 Å².